The maximum absolute atomic E-state index is 12.3. The summed E-state index contributed by atoms with van der Waals surface area (Å²) in [6.07, 6.45) is 0. The number of rotatable bonds is 4. The fraction of sp³-hybridized carbons (Fsp3) is 0.0455. The number of aromatic nitrogens is 1. The summed E-state index contributed by atoms with van der Waals surface area (Å²) in [5.41, 5.74) is 3.05. The van der Waals surface area contributed by atoms with E-state index < -0.39 is 0 Å². The number of benzene rings is 3. The number of amides is 1. The number of oxazole rings is 1. The Morgan fingerprint density at radius 3 is 2.55 bits per heavy atom. The molecule has 0 aliphatic heterocycles. The minimum Gasteiger partial charge on any atom is -0.495 e. The fourth-order valence-corrected chi connectivity index (χ4v) is 3.46. The van der Waals surface area contributed by atoms with Crippen molar-refractivity contribution >= 4 is 63.2 Å². The molecule has 0 radical (unpaired) electrons. The lowest BCUT2D eigenvalue weighted by Gasteiger charge is -2.09. The van der Waals surface area contributed by atoms with E-state index in [1.807, 2.05) is 6.07 Å². The van der Waals surface area contributed by atoms with E-state index in [-0.39, 0.29) is 11.0 Å². The summed E-state index contributed by atoms with van der Waals surface area (Å²) in [5, 5.41) is 6.77. The molecule has 4 rings (SSSR count). The van der Waals surface area contributed by atoms with E-state index in [1.54, 1.807) is 61.7 Å². The summed E-state index contributed by atoms with van der Waals surface area (Å²) in [4.78, 5) is 16.8. The molecule has 0 fully saturated rings. The first-order valence-corrected chi connectivity index (χ1v) is 10.2. The molecule has 0 aliphatic rings. The van der Waals surface area contributed by atoms with Crippen molar-refractivity contribution in [2.45, 2.75) is 0 Å². The number of hydrogen-bond acceptors (Lipinski definition) is 5. The zero-order chi connectivity index (χ0) is 22.0. The van der Waals surface area contributed by atoms with Crippen molar-refractivity contribution in [2.24, 2.45) is 0 Å². The largest absolute Gasteiger partial charge is 0.495 e. The van der Waals surface area contributed by atoms with Gasteiger partial charge in [-0.1, -0.05) is 23.2 Å². The molecule has 0 unspecified atom stereocenters. The van der Waals surface area contributed by atoms with E-state index in [0.29, 0.717) is 44.0 Å². The minimum absolute atomic E-state index is 0.157. The van der Waals surface area contributed by atoms with Gasteiger partial charge in [-0.05, 0) is 72.9 Å². The third kappa shape index (κ3) is 4.80. The molecule has 1 aromatic heterocycles. The second kappa shape index (κ2) is 8.93. The van der Waals surface area contributed by atoms with Gasteiger partial charge >= 0.3 is 0 Å². The summed E-state index contributed by atoms with van der Waals surface area (Å²) >= 11 is 17.3. The van der Waals surface area contributed by atoms with Crippen molar-refractivity contribution in [1.29, 1.82) is 0 Å². The van der Waals surface area contributed by atoms with Crippen LogP contribution >= 0.6 is 35.4 Å². The van der Waals surface area contributed by atoms with E-state index in [1.165, 1.54) is 0 Å². The van der Waals surface area contributed by atoms with Crippen LogP contribution in [0.2, 0.25) is 10.0 Å². The Labute approximate surface area is 193 Å². The average Bonchev–Trinajstić information content (AvgIpc) is 3.17. The Kier molecular flexibility index (Phi) is 6.08. The quantitative estimate of drug-likeness (QED) is 0.358. The average molecular weight is 472 g/mol. The zero-order valence-electron chi connectivity index (χ0n) is 16.1. The molecule has 0 saturated heterocycles. The van der Waals surface area contributed by atoms with Crippen molar-refractivity contribution in [3.05, 3.63) is 76.3 Å². The normalized spacial score (nSPS) is 10.7. The van der Waals surface area contributed by atoms with Crippen molar-refractivity contribution in [2.75, 3.05) is 12.4 Å². The maximum atomic E-state index is 12.3. The molecule has 6 nitrogen and oxygen atoms in total. The van der Waals surface area contributed by atoms with Crippen LogP contribution in [0.4, 0.5) is 5.69 Å². The van der Waals surface area contributed by atoms with Crippen LogP contribution < -0.4 is 15.4 Å². The van der Waals surface area contributed by atoms with Crippen molar-refractivity contribution in [1.82, 2.24) is 10.3 Å². The highest BCUT2D eigenvalue weighted by atomic mass is 35.5. The molecule has 4 aromatic rings. The van der Waals surface area contributed by atoms with Crippen LogP contribution in [0, 0.1) is 0 Å². The van der Waals surface area contributed by atoms with E-state index in [0.717, 1.165) is 5.56 Å². The maximum Gasteiger partial charge on any atom is 0.257 e. The van der Waals surface area contributed by atoms with Gasteiger partial charge in [0.15, 0.2) is 10.7 Å². The number of ether oxygens (including phenoxy) is 1. The van der Waals surface area contributed by atoms with Gasteiger partial charge in [0.1, 0.15) is 11.3 Å². The lowest BCUT2D eigenvalue weighted by atomic mass is 10.2. The smallest absolute Gasteiger partial charge is 0.257 e. The third-order valence-electron chi connectivity index (χ3n) is 4.38. The second-order valence-corrected chi connectivity index (χ2v) is 7.72. The Morgan fingerprint density at radius 2 is 1.84 bits per heavy atom. The number of anilines is 1. The lowest BCUT2D eigenvalue weighted by molar-refractivity contribution is 0.0977. The minimum atomic E-state index is -0.338. The van der Waals surface area contributed by atoms with E-state index in [9.17, 15) is 4.79 Å². The van der Waals surface area contributed by atoms with Gasteiger partial charge in [-0.25, -0.2) is 4.98 Å². The number of nitrogens with one attached hydrogen (secondary N) is 2. The highest BCUT2D eigenvalue weighted by Crippen LogP contribution is 2.32. The van der Waals surface area contributed by atoms with Gasteiger partial charge in [0.05, 0.1) is 12.1 Å². The Bertz CT molecular complexity index is 1290. The lowest BCUT2D eigenvalue weighted by Crippen LogP contribution is -2.34. The van der Waals surface area contributed by atoms with Crippen molar-refractivity contribution in [3.63, 3.8) is 0 Å². The number of hydrogen-bond donors (Lipinski definition) is 2. The summed E-state index contributed by atoms with van der Waals surface area (Å²) in [5.74, 6) is 0.660. The molecule has 0 atom stereocenters. The molecule has 3 aromatic carbocycles. The standard InChI is InChI=1S/C22H15Cl2N3O3S/c1-29-18-8-4-13(10-16(18)24)21-26-17-11-15(7-9-19(17)30-21)25-22(31)27-20(28)12-2-5-14(23)6-3-12/h2-11H,1H3,(H2,25,27,28,31). The number of methoxy groups -OCH3 is 1. The Morgan fingerprint density at radius 1 is 1.06 bits per heavy atom. The number of fused-ring (bicyclic) bond motifs is 1. The van der Waals surface area contributed by atoms with Gasteiger partial charge in [0, 0.05) is 21.8 Å². The molecule has 0 spiro atoms. The van der Waals surface area contributed by atoms with Gasteiger partial charge in [-0.15, -0.1) is 0 Å². The first-order chi connectivity index (χ1) is 14.9. The molecule has 1 amide bonds. The number of nitrogens with zero attached hydrogens (tertiary/aromatic N) is 1. The van der Waals surface area contributed by atoms with Gasteiger partial charge in [0.2, 0.25) is 5.89 Å². The summed E-state index contributed by atoms with van der Waals surface area (Å²) < 4.78 is 11.0. The third-order valence-corrected chi connectivity index (χ3v) is 5.13. The van der Waals surface area contributed by atoms with Crippen LogP contribution in [0.15, 0.2) is 65.1 Å². The molecule has 9 heteroatoms. The van der Waals surface area contributed by atoms with Crippen LogP contribution in [-0.4, -0.2) is 23.1 Å². The van der Waals surface area contributed by atoms with Crippen molar-refractivity contribution in [3.8, 4) is 17.2 Å². The van der Waals surface area contributed by atoms with E-state index in [2.05, 4.69) is 15.6 Å². The van der Waals surface area contributed by atoms with Gasteiger partial charge in [-0.3, -0.25) is 10.1 Å². The predicted molar refractivity (Wildman–Crippen MR) is 126 cm³/mol. The fourth-order valence-electron chi connectivity index (χ4n) is 2.87. The van der Waals surface area contributed by atoms with Crippen LogP contribution in [0.3, 0.4) is 0 Å². The first kappa shape index (κ1) is 21.1. The first-order valence-electron chi connectivity index (χ1n) is 9.05. The molecule has 0 bridgehead atoms. The molecule has 0 aliphatic carbocycles. The summed E-state index contributed by atoms with van der Waals surface area (Å²) in [6.45, 7) is 0. The Hall–Kier alpha value is -3.13. The number of thiocarbonyl (C=S) groups is 1. The second-order valence-electron chi connectivity index (χ2n) is 6.47. The Balaban J connectivity index is 1.49. The number of carbonyl (C=O) groups excluding carboxylic acids is 1. The summed E-state index contributed by atoms with van der Waals surface area (Å²) in [7, 11) is 1.55. The van der Waals surface area contributed by atoms with Crippen LogP contribution in [0.25, 0.3) is 22.6 Å². The molecular formula is C22H15Cl2N3O3S. The molecule has 156 valence electrons. The monoisotopic (exact) mass is 471 g/mol. The number of carbonyl (C=O) groups is 1. The highest BCUT2D eigenvalue weighted by Gasteiger charge is 2.12. The molecule has 1 heterocycles. The zero-order valence-corrected chi connectivity index (χ0v) is 18.4. The SMILES string of the molecule is COc1ccc(-c2nc3cc(NC(=S)NC(=O)c4ccc(Cl)cc4)ccc3o2)cc1Cl. The molecular weight excluding hydrogens is 457 g/mol. The topological polar surface area (TPSA) is 76.4 Å². The molecule has 2 N–H and O–H groups in total. The molecule has 0 saturated carbocycles. The predicted octanol–water partition coefficient (Wildman–Crippen LogP) is 5.94. The van der Waals surface area contributed by atoms with Crippen LogP contribution in [0.1, 0.15) is 10.4 Å². The van der Waals surface area contributed by atoms with Crippen LogP contribution in [-0.2, 0) is 0 Å². The summed E-state index contributed by atoms with van der Waals surface area (Å²) in [6, 6.07) is 17.1. The van der Waals surface area contributed by atoms with E-state index >= 15 is 0 Å². The van der Waals surface area contributed by atoms with Gasteiger partial charge in [-0.2, -0.15) is 0 Å². The van der Waals surface area contributed by atoms with Crippen LogP contribution in [0.5, 0.6) is 5.75 Å². The van der Waals surface area contributed by atoms with Crippen molar-refractivity contribution < 1.29 is 13.9 Å². The van der Waals surface area contributed by atoms with E-state index in [4.69, 9.17) is 44.6 Å². The van der Waals surface area contributed by atoms with Gasteiger partial charge in [0.25, 0.3) is 5.91 Å². The van der Waals surface area contributed by atoms with Gasteiger partial charge < -0.3 is 14.5 Å². The molecule has 31 heavy (non-hydrogen) atoms. The highest BCUT2D eigenvalue weighted by molar-refractivity contribution is 7.80. The number of halogens is 2.